The molecule has 0 radical (unpaired) electrons. The molecule has 1 aliphatic carbocycles. The van der Waals surface area contributed by atoms with Crippen molar-refractivity contribution >= 4 is 11.8 Å². The van der Waals surface area contributed by atoms with Crippen LogP contribution < -0.4 is 5.32 Å². The van der Waals surface area contributed by atoms with E-state index >= 15 is 0 Å². The molecule has 0 aromatic carbocycles. The molecule has 2 N–H and O–H groups in total. The van der Waals surface area contributed by atoms with Crippen LogP contribution >= 0.6 is 0 Å². The Morgan fingerprint density at radius 3 is 2.57 bits per heavy atom. The van der Waals surface area contributed by atoms with E-state index in [4.69, 9.17) is 0 Å². The smallest absolute Gasteiger partial charge is 0.225 e. The topological polar surface area (TPSA) is 69.6 Å². The van der Waals surface area contributed by atoms with Gasteiger partial charge in [-0.3, -0.25) is 9.59 Å². The Hall–Kier alpha value is -1.10. The Morgan fingerprint density at radius 2 is 1.96 bits per heavy atom. The summed E-state index contributed by atoms with van der Waals surface area (Å²) >= 11 is 0. The molecule has 5 nitrogen and oxygen atoms in total. The van der Waals surface area contributed by atoms with Gasteiger partial charge in [0.15, 0.2) is 0 Å². The van der Waals surface area contributed by atoms with Gasteiger partial charge in [0.05, 0.1) is 11.5 Å². The van der Waals surface area contributed by atoms with Gasteiger partial charge in [-0.2, -0.15) is 0 Å². The quantitative estimate of drug-likeness (QED) is 0.752. The zero-order valence-corrected chi connectivity index (χ0v) is 14.8. The third-order valence-corrected chi connectivity index (χ3v) is 4.93. The molecule has 5 heteroatoms. The number of carbonyl (C=O) groups is 2. The van der Waals surface area contributed by atoms with E-state index < -0.39 is 5.60 Å². The van der Waals surface area contributed by atoms with Crippen LogP contribution in [0.3, 0.4) is 0 Å². The van der Waals surface area contributed by atoms with Crippen molar-refractivity contribution in [2.75, 3.05) is 19.6 Å². The summed E-state index contributed by atoms with van der Waals surface area (Å²) in [4.78, 5) is 26.4. The first kappa shape index (κ1) is 18.2. The zero-order chi connectivity index (χ0) is 17.0. The fourth-order valence-electron chi connectivity index (χ4n) is 3.09. The molecular weight excluding hydrogens is 292 g/mol. The lowest BCUT2D eigenvalue weighted by atomic mass is 9.94. The molecule has 1 saturated carbocycles. The maximum absolute atomic E-state index is 12.4. The molecule has 2 aliphatic rings. The average molecular weight is 324 g/mol. The summed E-state index contributed by atoms with van der Waals surface area (Å²) < 4.78 is 0. The first-order valence-electron chi connectivity index (χ1n) is 9.07. The maximum Gasteiger partial charge on any atom is 0.225 e. The highest BCUT2D eigenvalue weighted by Crippen LogP contribution is 2.32. The summed E-state index contributed by atoms with van der Waals surface area (Å²) in [5, 5.41) is 13.2. The molecule has 2 atom stereocenters. The van der Waals surface area contributed by atoms with Crippen LogP contribution in [-0.4, -0.2) is 47.1 Å². The van der Waals surface area contributed by atoms with Gasteiger partial charge in [-0.25, -0.2) is 0 Å². The highest BCUT2D eigenvalue weighted by Gasteiger charge is 2.36. The van der Waals surface area contributed by atoms with E-state index in [1.54, 1.807) is 6.92 Å². The minimum Gasteiger partial charge on any atom is -0.388 e. The number of nitrogens with one attached hydrogen (secondary N) is 1. The normalized spacial score (nSPS) is 24.4. The first-order valence-corrected chi connectivity index (χ1v) is 9.07. The molecule has 2 fully saturated rings. The molecule has 0 bridgehead atoms. The van der Waals surface area contributed by atoms with Gasteiger partial charge < -0.3 is 15.3 Å². The Labute approximate surface area is 139 Å². The zero-order valence-electron chi connectivity index (χ0n) is 14.8. The number of nitrogens with zero attached hydrogens (tertiary/aromatic N) is 1. The Bertz CT molecular complexity index is 430. The predicted octanol–water partition coefficient (Wildman–Crippen LogP) is 1.94. The highest BCUT2D eigenvalue weighted by molar-refractivity contribution is 5.83. The lowest BCUT2D eigenvalue weighted by Crippen LogP contribution is -2.48. The fourth-order valence-corrected chi connectivity index (χ4v) is 3.09. The number of aliphatic hydroxyl groups is 1. The molecule has 0 spiro atoms. The van der Waals surface area contributed by atoms with Crippen LogP contribution in [0.1, 0.15) is 59.3 Å². The van der Waals surface area contributed by atoms with Crippen molar-refractivity contribution in [3.05, 3.63) is 0 Å². The molecule has 132 valence electrons. The van der Waals surface area contributed by atoms with Crippen LogP contribution in [-0.2, 0) is 9.59 Å². The number of likely N-dealkylation sites (tertiary alicyclic amines) is 1. The van der Waals surface area contributed by atoms with E-state index in [-0.39, 0.29) is 30.2 Å². The number of rotatable bonds is 7. The number of hydrogen-bond acceptors (Lipinski definition) is 3. The molecule has 2 amide bonds. The summed E-state index contributed by atoms with van der Waals surface area (Å²) in [6.45, 7) is 7.63. The maximum atomic E-state index is 12.4. The second-order valence-electron chi connectivity index (χ2n) is 8.04. The number of carbonyl (C=O) groups excluding carboxylic acids is 2. The minimum absolute atomic E-state index is 0.0249. The second-order valence-corrected chi connectivity index (χ2v) is 8.04. The third-order valence-electron chi connectivity index (χ3n) is 4.93. The van der Waals surface area contributed by atoms with Gasteiger partial charge >= 0.3 is 0 Å². The van der Waals surface area contributed by atoms with Crippen LogP contribution in [0, 0.1) is 17.8 Å². The lowest BCUT2D eigenvalue weighted by Gasteiger charge is -2.33. The standard InChI is InChI=1S/C18H32N2O3/c1-13(2)8-9-18(3,23)12-19-16(21)15-5-4-10-20(11-15)17(22)14-6-7-14/h13-15,23H,4-12H2,1-3H3,(H,19,21). The second kappa shape index (κ2) is 7.65. The minimum atomic E-state index is -0.863. The van der Waals surface area contributed by atoms with Gasteiger partial charge in [0.1, 0.15) is 0 Å². The molecular formula is C18H32N2O3. The molecule has 2 rings (SSSR count). The average Bonchev–Trinajstić information content (AvgIpc) is 3.35. The van der Waals surface area contributed by atoms with Crippen molar-refractivity contribution in [1.82, 2.24) is 10.2 Å². The van der Waals surface area contributed by atoms with E-state index in [2.05, 4.69) is 19.2 Å². The number of hydrogen-bond donors (Lipinski definition) is 2. The van der Waals surface area contributed by atoms with Crippen LogP contribution in [0.15, 0.2) is 0 Å². The van der Waals surface area contributed by atoms with Gasteiger partial charge in [-0.1, -0.05) is 13.8 Å². The summed E-state index contributed by atoms with van der Waals surface area (Å²) in [5.41, 5.74) is -0.863. The molecule has 0 aromatic heterocycles. The van der Waals surface area contributed by atoms with Crippen molar-refractivity contribution in [3.8, 4) is 0 Å². The van der Waals surface area contributed by atoms with Crippen molar-refractivity contribution in [1.29, 1.82) is 0 Å². The van der Waals surface area contributed by atoms with Crippen LogP contribution in [0.5, 0.6) is 0 Å². The number of amides is 2. The predicted molar refractivity (Wildman–Crippen MR) is 89.7 cm³/mol. The van der Waals surface area contributed by atoms with Gasteiger partial charge in [0, 0.05) is 25.6 Å². The summed E-state index contributed by atoms with van der Waals surface area (Å²) in [7, 11) is 0. The van der Waals surface area contributed by atoms with E-state index in [9.17, 15) is 14.7 Å². The van der Waals surface area contributed by atoms with Gasteiger partial charge in [0.25, 0.3) is 0 Å². The number of piperidine rings is 1. The summed E-state index contributed by atoms with van der Waals surface area (Å²) in [6, 6.07) is 0. The van der Waals surface area contributed by atoms with Crippen LogP contribution in [0.4, 0.5) is 0 Å². The first-order chi connectivity index (χ1) is 10.8. The molecule has 0 aromatic rings. The van der Waals surface area contributed by atoms with Gasteiger partial charge in [-0.15, -0.1) is 0 Å². The monoisotopic (exact) mass is 324 g/mol. The highest BCUT2D eigenvalue weighted by atomic mass is 16.3. The third kappa shape index (κ3) is 5.79. The fraction of sp³-hybridized carbons (Fsp3) is 0.889. The molecule has 23 heavy (non-hydrogen) atoms. The molecule has 1 aliphatic heterocycles. The molecule has 1 saturated heterocycles. The van der Waals surface area contributed by atoms with Crippen molar-refractivity contribution < 1.29 is 14.7 Å². The molecule has 2 unspecified atom stereocenters. The Balaban J connectivity index is 1.77. The summed E-state index contributed by atoms with van der Waals surface area (Å²) in [6.07, 6.45) is 5.35. The van der Waals surface area contributed by atoms with Gasteiger partial charge in [0.2, 0.25) is 11.8 Å². The largest absolute Gasteiger partial charge is 0.388 e. The van der Waals surface area contributed by atoms with E-state index in [0.717, 1.165) is 38.6 Å². The van der Waals surface area contributed by atoms with E-state index in [1.165, 1.54) is 0 Å². The molecule has 1 heterocycles. The SMILES string of the molecule is CC(C)CCC(C)(O)CNC(=O)C1CCCN(C(=O)C2CC2)C1. The van der Waals surface area contributed by atoms with Crippen molar-refractivity contribution in [2.45, 2.75) is 64.9 Å². The van der Waals surface area contributed by atoms with E-state index in [1.807, 2.05) is 4.90 Å². The lowest BCUT2D eigenvalue weighted by molar-refractivity contribution is -0.137. The Morgan fingerprint density at radius 1 is 1.26 bits per heavy atom. The van der Waals surface area contributed by atoms with E-state index in [0.29, 0.717) is 18.9 Å². The van der Waals surface area contributed by atoms with Gasteiger partial charge in [-0.05, 0) is 51.4 Å². The summed E-state index contributed by atoms with van der Waals surface area (Å²) in [5.74, 6) is 0.827. The van der Waals surface area contributed by atoms with Crippen molar-refractivity contribution in [2.24, 2.45) is 17.8 Å². The Kier molecular flexibility index (Phi) is 6.06. The van der Waals surface area contributed by atoms with Crippen LogP contribution in [0.2, 0.25) is 0 Å². The van der Waals surface area contributed by atoms with Crippen molar-refractivity contribution in [3.63, 3.8) is 0 Å². The van der Waals surface area contributed by atoms with Crippen LogP contribution in [0.25, 0.3) is 0 Å².